The molecule has 1 unspecified atom stereocenters. The van der Waals surface area contributed by atoms with Crippen molar-refractivity contribution in [1.82, 2.24) is 4.98 Å². The molecular formula is C14H20N2O2. The first-order valence-electron chi connectivity index (χ1n) is 6.21. The molecule has 0 bridgehead atoms. The molecule has 1 heterocycles. The summed E-state index contributed by atoms with van der Waals surface area (Å²) in [4.78, 5) is 4.33. The maximum atomic E-state index is 9.81. The predicted molar refractivity (Wildman–Crippen MR) is 71.3 cm³/mol. The van der Waals surface area contributed by atoms with Crippen molar-refractivity contribution in [1.29, 1.82) is 0 Å². The minimum Gasteiger partial charge on any atom is -0.438 e. The van der Waals surface area contributed by atoms with Crippen LogP contribution in [0, 0.1) is 0 Å². The topological polar surface area (TPSA) is 72.3 Å². The SMILES string of the molecule is CC(C)(C)c1ccc2oc(C(O)CCN)nc2c1. The van der Waals surface area contributed by atoms with Crippen molar-refractivity contribution >= 4 is 11.1 Å². The van der Waals surface area contributed by atoms with E-state index >= 15 is 0 Å². The van der Waals surface area contributed by atoms with Gasteiger partial charge in [-0.1, -0.05) is 26.8 Å². The van der Waals surface area contributed by atoms with Crippen LogP contribution in [0.3, 0.4) is 0 Å². The van der Waals surface area contributed by atoms with Crippen LogP contribution < -0.4 is 5.73 Å². The van der Waals surface area contributed by atoms with Crippen LogP contribution in [-0.4, -0.2) is 16.6 Å². The van der Waals surface area contributed by atoms with E-state index in [0.717, 1.165) is 5.52 Å². The van der Waals surface area contributed by atoms with Crippen molar-refractivity contribution < 1.29 is 9.52 Å². The fourth-order valence-electron chi connectivity index (χ4n) is 1.84. The smallest absolute Gasteiger partial charge is 0.224 e. The molecule has 0 aliphatic rings. The Morgan fingerprint density at radius 2 is 2.11 bits per heavy atom. The molecule has 18 heavy (non-hydrogen) atoms. The molecule has 0 fully saturated rings. The van der Waals surface area contributed by atoms with Crippen LogP contribution in [0.1, 0.15) is 44.8 Å². The lowest BCUT2D eigenvalue weighted by Gasteiger charge is -2.18. The van der Waals surface area contributed by atoms with Gasteiger partial charge in [-0.2, -0.15) is 0 Å². The van der Waals surface area contributed by atoms with E-state index in [1.165, 1.54) is 5.56 Å². The molecule has 4 heteroatoms. The van der Waals surface area contributed by atoms with Crippen LogP contribution in [0.4, 0.5) is 0 Å². The van der Waals surface area contributed by atoms with Crippen molar-refractivity contribution in [2.24, 2.45) is 5.73 Å². The summed E-state index contributed by atoms with van der Waals surface area (Å²) in [7, 11) is 0. The second kappa shape index (κ2) is 4.71. The number of hydrogen-bond donors (Lipinski definition) is 2. The summed E-state index contributed by atoms with van der Waals surface area (Å²) in [6, 6.07) is 5.95. The first-order valence-corrected chi connectivity index (χ1v) is 6.21. The van der Waals surface area contributed by atoms with E-state index in [9.17, 15) is 5.11 Å². The third kappa shape index (κ3) is 2.54. The highest BCUT2D eigenvalue weighted by Crippen LogP contribution is 2.28. The number of nitrogens with zero attached hydrogens (tertiary/aromatic N) is 1. The zero-order valence-electron chi connectivity index (χ0n) is 11.1. The van der Waals surface area contributed by atoms with Gasteiger partial charge in [0.05, 0.1) is 0 Å². The van der Waals surface area contributed by atoms with Crippen LogP contribution in [0.2, 0.25) is 0 Å². The number of aliphatic hydroxyl groups excluding tert-OH is 1. The fourth-order valence-corrected chi connectivity index (χ4v) is 1.84. The number of nitrogens with two attached hydrogens (primary N) is 1. The van der Waals surface area contributed by atoms with Crippen LogP contribution in [0.5, 0.6) is 0 Å². The number of fused-ring (bicyclic) bond motifs is 1. The van der Waals surface area contributed by atoms with Gasteiger partial charge in [-0.3, -0.25) is 0 Å². The molecule has 0 spiro atoms. The van der Waals surface area contributed by atoms with Crippen molar-refractivity contribution in [3.63, 3.8) is 0 Å². The Balaban J connectivity index is 2.40. The molecule has 0 aliphatic heterocycles. The Bertz CT molecular complexity index is 540. The van der Waals surface area contributed by atoms with Gasteiger partial charge in [-0.25, -0.2) is 4.98 Å². The first kappa shape index (κ1) is 13.1. The van der Waals surface area contributed by atoms with E-state index < -0.39 is 6.10 Å². The highest BCUT2D eigenvalue weighted by molar-refractivity contribution is 5.73. The molecule has 1 aromatic carbocycles. The predicted octanol–water partition coefficient (Wildman–Crippen LogP) is 2.51. The van der Waals surface area contributed by atoms with E-state index in [0.29, 0.717) is 24.4 Å². The Morgan fingerprint density at radius 1 is 1.39 bits per heavy atom. The number of oxazole rings is 1. The lowest BCUT2D eigenvalue weighted by molar-refractivity contribution is 0.139. The maximum absolute atomic E-state index is 9.81. The maximum Gasteiger partial charge on any atom is 0.224 e. The van der Waals surface area contributed by atoms with Gasteiger partial charge in [0.25, 0.3) is 0 Å². The lowest BCUT2D eigenvalue weighted by atomic mass is 9.87. The number of rotatable bonds is 3. The van der Waals surface area contributed by atoms with Gasteiger partial charge in [0, 0.05) is 0 Å². The van der Waals surface area contributed by atoms with Crippen molar-refractivity contribution in [2.75, 3.05) is 6.54 Å². The average Bonchev–Trinajstić information content (AvgIpc) is 2.70. The Kier molecular flexibility index (Phi) is 3.41. The van der Waals surface area contributed by atoms with Crippen molar-refractivity contribution in [2.45, 2.75) is 38.7 Å². The standard InChI is InChI=1S/C14H20N2O2/c1-14(2,3)9-4-5-12-10(8-9)16-13(18-12)11(17)6-7-15/h4-5,8,11,17H,6-7,15H2,1-3H3. The van der Waals surface area contributed by atoms with E-state index in [2.05, 4.69) is 25.8 Å². The molecule has 2 aromatic rings. The minimum atomic E-state index is -0.722. The number of aromatic nitrogens is 1. The molecular weight excluding hydrogens is 228 g/mol. The van der Waals surface area contributed by atoms with Gasteiger partial charge in [0.1, 0.15) is 11.6 Å². The lowest BCUT2D eigenvalue weighted by Crippen LogP contribution is -2.10. The second-order valence-corrected chi connectivity index (χ2v) is 5.58. The Labute approximate surface area is 107 Å². The number of benzene rings is 1. The van der Waals surface area contributed by atoms with E-state index in [1.54, 1.807) is 0 Å². The summed E-state index contributed by atoms with van der Waals surface area (Å²) >= 11 is 0. The second-order valence-electron chi connectivity index (χ2n) is 5.58. The van der Waals surface area contributed by atoms with Gasteiger partial charge in [0.15, 0.2) is 5.58 Å². The summed E-state index contributed by atoms with van der Waals surface area (Å²) in [6.45, 7) is 6.86. The molecule has 0 saturated carbocycles. The molecule has 3 N–H and O–H groups in total. The van der Waals surface area contributed by atoms with Crippen LogP contribution in [0.15, 0.2) is 22.6 Å². The Morgan fingerprint density at radius 3 is 2.72 bits per heavy atom. The summed E-state index contributed by atoms with van der Waals surface area (Å²) in [5, 5.41) is 9.81. The van der Waals surface area contributed by atoms with Crippen molar-refractivity contribution in [3.05, 3.63) is 29.7 Å². The molecule has 0 radical (unpaired) electrons. The molecule has 2 rings (SSSR count). The van der Waals surface area contributed by atoms with Gasteiger partial charge in [0.2, 0.25) is 5.89 Å². The first-order chi connectivity index (χ1) is 8.41. The highest BCUT2D eigenvalue weighted by Gasteiger charge is 2.18. The van der Waals surface area contributed by atoms with E-state index in [1.807, 2.05) is 18.2 Å². The van der Waals surface area contributed by atoms with Crippen LogP contribution >= 0.6 is 0 Å². The van der Waals surface area contributed by atoms with E-state index in [4.69, 9.17) is 10.2 Å². The number of aliphatic hydroxyl groups is 1. The summed E-state index contributed by atoms with van der Waals surface area (Å²) in [5.74, 6) is 0.349. The molecule has 0 amide bonds. The molecule has 0 aliphatic carbocycles. The van der Waals surface area contributed by atoms with E-state index in [-0.39, 0.29) is 5.41 Å². The van der Waals surface area contributed by atoms with Gasteiger partial charge >= 0.3 is 0 Å². The van der Waals surface area contributed by atoms with Crippen LogP contribution in [0.25, 0.3) is 11.1 Å². The zero-order valence-corrected chi connectivity index (χ0v) is 11.1. The average molecular weight is 248 g/mol. The van der Waals surface area contributed by atoms with Crippen LogP contribution in [-0.2, 0) is 5.41 Å². The quantitative estimate of drug-likeness (QED) is 0.875. The summed E-state index contributed by atoms with van der Waals surface area (Å²) in [5.41, 5.74) is 8.17. The normalized spacial score (nSPS) is 14.1. The zero-order chi connectivity index (χ0) is 13.3. The summed E-state index contributed by atoms with van der Waals surface area (Å²) in [6.07, 6.45) is -0.264. The third-order valence-electron chi connectivity index (χ3n) is 3.00. The number of hydrogen-bond acceptors (Lipinski definition) is 4. The van der Waals surface area contributed by atoms with Gasteiger partial charge in [-0.15, -0.1) is 0 Å². The summed E-state index contributed by atoms with van der Waals surface area (Å²) < 4.78 is 5.53. The molecule has 0 saturated heterocycles. The van der Waals surface area contributed by atoms with Gasteiger partial charge < -0.3 is 15.3 Å². The third-order valence-corrected chi connectivity index (χ3v) is 3.00. The largest absolute Gasteiger partial charge is 0.438 e. The monoisotopic (exact) mass is 248 g/mol. The molecule has 1 aromatic heterocycles. The van der Waals surface area contributed by atoms with Crippen molar-refractivity contribution in [3.8, 4) is 0 Å². The van der Waals surface area contributed by atoms with Gasteiger partial charge in [-0.05, 0) is 36.1 Å². The molecule has 4 nitrogen and oxygen atoms in total. The fraction of sp³-hybridized carbons (Fsp3) is 0.500. The Hall–Kier alpha value is -1.39. The highest BCUT2D eigenvalue weighted by atomic mass is 16.4. The minimum absolute atomic E-state index is 0.0726. The molecule has 1 atom stereocenters. The molecule has 98 valence electrons.